The average Bonchev–Trinajstić information content (AvgIpc) is 3.64. The van der Waals surface area contributed by atoms with E-state index in [9.17, 15) is 0 Å². The average molecular weight is 628 g/mol. The lowest BCUT2D eigenvalue weighted by Gasteiger charge is -2.30. The quantitative estimate of drug-likeness (QED) is 0.193. The largest absolute Gasteiger partial charge is 0.456 e. The number of para-hydroxylation sites is 1. The van der Waals surface area contributed by atoms with Gasteiger partial charge in [-0.05, 0) is 91.8 Å². The fraction of sp³-hybridized carbons (Fsp3) is 0.0638. The summed E-state index contributed by atoms with van der Waals surface area (Å²) >= 11 is 0. The smallest absolute Gasteiger partial charge is 0.135 e. The van der Waals surface area contributed by atoms with Crippen molar-refractivity contribution in [2.45, 2.75) is 19.3 Å². The van der Waals surface area contributed by atoms with Gasteiger partial charge < -0.3 is 9.32 Å². The van der Waals surface area contributed by atoms with Crippen molar-refractivity contribution >= 4 is 60.5 Å². The van der Waals surface area contributed by atoms with Crippen LogP contribution < -0.4 is 4.90 Å². The van der Waals surface area contributed by atoms with Crippen LogP contribution in [0.25, 0.3) is 65.7 Å². The minimum atomic E-state index is -0.157. The molecule has 0 unspecified atom stereocenters. The standard InChI is InChI=1S/C47H33NO/c1-47(2)41-20-9-7-18-39(41)45-42(28-32-13-4-6-16-37(32)46(45)47)48(34-26-27-44-40(29-34)38-17-8-10-21-43(38)49-44)33-24-22-31(23-25-33)36-19-11-14-30-12-3-5-15-35(30)36/h3-29H,1-2H3. The first-order chi connectivity index (χ1) is 24.1. The lowest BCUT2D eigenvalue weighted by atomic mass is 9.80. The molecule has 8 aromatic carbocycles. The minimum absolute atomic E-state index is 0.157. The number of nitrogens with zero attached hydrogens (tertiary/aromatic N) is 1. The van der Waals surface area contributed by atoms with Gasteiger partial charge in [0.25, 0.3) is 0 Å². The first-order valence-electron chi connectivity index (χ1n) is 17.0. The highest BCUT2D eigenvalue weighted by atomic mass is 16.3. The predicted octanol–water partition coefficient (Wildman–Crippen LogP) is 13.3. The Labute approximate surface area is 285 Å². The van der Waals surface area contributed by atoms with Crippen molar-refractivity contribution in [3.8, 4) is 22.3 Å². The van der Waals surface area contributed by atoms with Crippen LogP contribution in [0.3, 0.4) is 0 Å². The van der Waals surface area contributed by atoms with Crippen LogP contribution in [0.1, 0.15) is 25.0 Å². The molecular weight excluding hydrogens is 595 g/mol. The van der Waals surface area contributed by atoms with Gasteiger partial charge in [-0.1, -0.05) is 135 Å². The zero-order chi connectivity index (χ0) is 32.7. The van der Waals surface area contributed by atoms with Crippen LogP contribution >= 0.6 is 0 Å². The molecule has 2 heteroatoms. The van der Waals surface area contributed by atoms with Crippen LogP contribution in [0, 0.1) is 0 Å². The van der Waals surface area contributed by atoms with E-state index in [0.29, 0.717) is 0 Å². The van der Waals surface area contributed by atoms with Crippen LogP contribution in [0.2, 0.25) is 0 Å². The molecule has 0 saturated carbocycles. The van der Waals surface area contributed by atoms with Crippen molar-refractivity contribution in [1.29, 1.82) is 0 Å². The van der Waals surface area contributed by atoms with Gasteiger partial charge in [0.2, 0.25) is 0 Å². The number of hydrogen-bond donors (Lipinski definition) is 0. The van der Waals surface area contributed by atoms with Crippen LogP contribution in [0.5, 0.6) is 0 Å². The zero-order valence-electron chi connectivity index (χ0n) is 27.4. The fourth-order valence-corrected chi connectivity index (χ4v) is 8.36. The molecule has 0 radical (unpaired) electrons. The number of furan rings is 1. The van der Waals surface area contributed by atoms with E-state index >= 15 is 0 Å². The van der Waals surface area contributed by atoms with Gasteiger partial charge in [0, 0.05) is 33.1 Å². The van der Waals surface area contributed by atoms with Crippen LogP contribution in [0.4, 0.5) is 17.1 Å². The Balaban J connectivity index is 1.25. The molecule has 0 atom stereocenters. The Bertz CT molecular complexity index is 2740. The number of anilines is 3. The second-order valence-electron chi connectivity index (χ2n) is 13.7. The van der Waals surface area contributed by atoms with Crippen molar-refractivity contribution in [2.24, 2.45) is 0 Å². The van der Waals surface area contributed by atoms with Crippen molar-refractivity contribution in [3.05, 3.63) is 175 Å². The monoisotopic (exact) mass is 627 g/mol. The van der Waals surface area contributed by atoms with Crippen molar-refractivity contribution in [3.63, 3.8) is 0 Å². The zero-order valence-corrected chi connectivity index (χ0v) is 27.4. The van der Waals surface area contributed by atoms with E-state index in [0.717, 1.165) is 33.3 Å². The molecule has 0 spiro atoms. The fourth-order valence-electron chi connectivity index (χ4n) is 8.36. The molecule has 1 heterocycles. The summed E-state index contributed by atoms with van der Waals surface area (Å²) in [5.74, 6) is 0. The SMILES string of the molecule is CC1(C)c2ccccc2-c2c(N(c3ccc(-c4cccc5ccccc45)cc3)c3ccc4oc5ccccc5c4c3)cc3ccccc3c21. The third kappa shape index (κ3) is 4.14. The van der Waals surface area contributed by atoms with Crippen LogP contribution in [-0.2, 0) is 5.41 Å². The summed E-state index contributed by atoms with van der Waals surface area (Å²) in [4.78, 5) is 2.46. The van der Waals surface area contributed by atoms with E-state index < -0.39 is 0 Å². The Morgan fingerprint density at radius 3 is 1.96 bits per heavy atom. The molecule has 2 nitrogen and oxygen atoms in total. The van der Waals surface area contributed by atoms with Gasteiger partial charge in [0.05, 0.1) is 5.69 Å². The molecule has 232 valence electrons. The van der Waals surface area contributed by atoms with Gasteiger partial charge in [0.15, 0.2) is 0 Å². The summed E-state index contributed by atoms with van der Waals surface area (Å²) < 4.78 is 6.29. The second kappa shape index (κ2) is 10.4. The summed E-state index contributed by atoms with van der Waals surface area (Å²) in [7, 11) is 0. The third-order valence-electron chi connectivity index (χ3n) is 10.6. The first-order valence-corrected chi connectivity index (χ1v) is 17.0. The molecule has 0 fully saturated rings. The normalized spacial score (nSPS) is 13.3. The third-order valence-corrected chi connectivity index (χ3v) is 10.6. The molecule has 1 aromatic heterocycles. The molecule has 0 saturated heterocycles. The van der Waals surface area contributed by atoms with Gasteiger partial charge in [-0.3, -0.25) is 0 Å². The second-order valence-corrected chi connectivity index (χ2v) is 13.7. The highest BCUT2D eigenvalue weighted by Gasteiger charge is 2.39. The Hall–Kier alpha value is -6.12. The number of fused-ring (bicyclic) bond motifs is 9. The van der Waals surface area contributed by atoms with Crippen LogP contribution in [0.15, 0.2) is 168 Å². The summed E-state index contributed by atoms with van der Waals surface area (Å²) in [6.07, 6.45) is 0. The molecule has 9 aromatic rings. The van der Waals surface area contributed by atoms with Crippen molar-refractivity contribution in [1.82, 2.24) is 0 Å². The summed E-state index contributed by atoms with van der Waals surface area (Å²) in [5.41, 5.74) is 12.8. The van der Waals surface area contributed by atoms with Gasteiger partial charge in [-0.2, -0.15) is 0 Å². The lowest BCUT2D eigenvalue weighted by molar-refractivity contribution is 0.666. The predicted molar refractivity (Wildman–Crippen MR) is 206 cm³/mol. The van der Waals surface area contributed by atoms with E-state index in [1.54, 1.807) is 0 Å². The van der Waals surface area contributed by atoms with Gasteiger partial charge >= 0.3 is 0 Å². The maximum atomic E-state index is 6.29. The maximum absolute atomic E-state index is 6.29. The van der Waals surface area contributed by atoms with Crippen molar-refractivity contribution in [2.75, 3.05) is 4.90 Å². The number of hydrogen-bond acceptors (Lipinski definition) is 2. The topological polar surface area (TPSA) is 16.4 Å². The van der Waals surface area contributed by atoms with Gasteiger partial charge in [0.1, 0.15) is 11.2 Å². The molecule has 1 aliphatic rings. The highest BCUT2D eigenvalue weighted by molar-refractivity contribution is 6.09. The summed E-state index contributed by atoms with van der Waals surface area (Å²) in [6, 6.07) is 59.5. The van der Waals surface area contributed by atoms with Crippen LogP contribution in [-0.4, -0.2) is 0 Å². The molecular formula is C47H33NO. The number of rotatable bonds is 4. The highest BCUT2D eigenvalue weighted by Crippen LogP contribution is 2.57. The molecule has 0 amide bonds. The minimum Gasteiger partial charge on any atom is -0.456 e. The van der Waals surface area contributed by atoms with E-state index in [-0.39, 0.29) is 5.41 Å². The first kappa shape index (κ1) is 27.9. The van der Waals surface area contributed by atoms with Crippen molar-refractivity contribution < 1.29 is 4.42 Å². The Morgan fingerprint density at radius 2 is 1.10 bits per heavy atom. The number of benzene rings is 8. The molecule has 1 aliphatic carbocycles. The Morgan fingerprint density at radius 1 is 0.469 bits per heavy atom. The molecule has 0 aliphatic heterocycles. The summed E-state index contributed by atoms with van der Waals surface area (Å²) in [6.45, 7) is 4.75. The van der Waals surface area contributed by atoms with E-state index in [4.69, 9.17) is 4.42 Å². The summed E-state index contributed by atoms with van der Waals surface area (Å²) in [5, 5.41) is 7.30. The van der Waals surface area contributed by atoms with Gasteiger partial charge in [-0.25, -0.2) is 0 Å². The van der Waals surface area contributed by atoms with Gasteiger partial charge in [-0.15, -0.1) is 0 Å². The Kier molecular flexibility index (Phi) is 5.95. The molecule has 49 heavy (non-hydrogen) atoms. The molecule has 0 bridgehead atoms. The molecule has 10 rings (SSSR count). The van der Waals surface area contributed by atoms with E-state index in [1.165, 1.54) is 60.6 Å². The molecule has 0 N–H and O–H groups in total. The van der Waals surface area contributed by atoms with E-state index in [2.05, 4.69) is 170 Å². The van der Waals surface area contributed by atoms with E-state index in [1.807, 2.05) is 12.1 Å². The maximum Gasteiger partial charge on any atom is 0.135 e. The lowest BCUT2D eigenvalue weighted by Crippen LogP contribution is -2.16.